The molecule has 0 N–H and O–H groups in total. The van der Waals surface area contributed by atoms with E-state index in [-0.39, 0.29) is 0 Å². The van der Waals surface area contributed by atoms with Crippen LogP contribution in [-0.4, -0.2) is 3.96 Å². The van der Waals surface area contributed by atoms with Crippen LogP contribution in [0.15, 0.2) is 18.2 Å². The summed E-state index contributed by atoms with van der Waals surface area (Å²) in [4.78, 5) is 0. The average Bonchev–Trinajstić information content (AvgIpc) is 2.14. The molecule has 2 aromatic rings. The van der Waals surface area contributed by atoms with E-state index >= 15 is 0 Å². The minimum atomic E-state index is 0.679. The molecule has 2 rings (SSSR count). The summed E-state index contributed by atoms with van der Waals surface area (Å²) in [7, 11) is 2.14. The van der Waals surface area contributed by atoms with E-state index in [4.69, 9.17) is 0 Å². The van der Waals surface area contributed by atoms with Gasteiger partial charge in [-0.05, 0) is 24.0 Å². The van der Waals surface area contributed by atoms with Crippen molar-refractivity contribution in [2.45, 2.75) is 26.2 Å². The van der Waals surface area contributed by atoms with Crippen molar-refractivity contribution in [1.29, 1.82) is 0 Å². The van der Waals surface area contributed by atoms with Crippen molar-refractivity contribution in [3.63, 3.8) is 0 Å². The van der Waals surface area contributed by atoms with E-state index in [9.17, 15) is 0 Å². The molecule has 0 fully saturated rings. The Hall–Kier alpha value is -0.760. The van der Waals surface area contributed by atoms with Gasteiger partial charge in [-0.15, -0.1) is 0 Å². The Kier molecular flexibility index (Phi) is 2.16. The summed E-state index contributed by atoms with van der Waals surface area (Å²) in [5.74, 6) is 0.679. The number of aromatic nitrogens is 1. The van der Waals surface area contributed by atoms with Crippen LogP contribution in [0.25, 0.3) is 10.2 Å². The van der Waals surface area contributed by atoms with Gasteiger partial charge in [0.15, 0.2) is 0 Å². The molecule has 1 aromatic heterocycles. The molecule has 1 aromatic carbocycles. The molecular formula is C11H15NS. The quantitative estimate of drug-likeness (QED) is 0.684. The third kappa shape index (κ3) is 1.29. The molecule has 1 heterocycles. The molecule has 0 spiro atoms. The van der Waals surface area contributed by atoms with Gasteiger partial charge in [-0.1, -0.05) is 37.5 Å². The van der Waals surface area contributed by atoms with Crippen LogP contribution in [0.1, 0.15) is 31.7 Å². The maximum Gasteiger partial charge on any atom is 0.0726 e. The van der Waals surface area contributed by atoms with Crippen molar-refractivity contribution in [3.05, 3.63) is 23.8 Å². The molecule has 1 unspecified atom stereocenters. The Labute approximate surface area is 83.1 Å². The summed E-state index contributed by atoms with van der Waals surface area (Å²) >= 11 is 1.83. The monoisotopic (exact) mass is 193 g/mol. The second-order valence-electron chi connectivity index (χ2n) is 3.59. The smallest absolute Gasteiger partial charge is 0.0726 e. The van der Waals surface area contributed by atoms with Crippen molar-refractivity contribution >= 4 is 21.7 Å². The minimum absolute atomic E-state index is 0.679. The first kappa shape index (κ1) is 8.82. The molecular weight excluding hydrogens is 178 g/mol. The molecule has 0 radical (unpaired) electrons. The van der Waals surface area contributed by atoms with Gasteiger partial charge in [0, 0.05) is 7.05 Å². The van der Waals surface area contributed by atoms with Crippen molar-refractivity contribution in [3.8, 4) is 0 Å². The largest absolute Gasteiger partial charge is 0.299 e. The van der Waals surface area contributed by atoms with Gasteiger partial charge in [0.2, 0.25) is 0 Å². The summed E-state index contributed by atoms with van der Waals surface area (Å²) in [5.41, 5.74) is 2.95. The van der Waals surface area contributed by atoms with E-state index in [1.807, 2.05) is 11.5 Å². The van der Waals surface area contributed by atoms with Gasteiger partial charge < -0.3 is 0 Å². The number of benzene rings is 1. The molecule has 0 amide bonds. The highest BCUT2D eigenvalue weighted by atomic mass is 32.1. The van der Waals surface area contributed by atoms with Crippen molar-refractivity contribution < 1.29 is 0 Å². The fraction of sp³-hybridized carbons (Fsp3) is 0.455. The highest BCUT2D eigenvalue weighted by Crippen LogP contribution is 2.32. The summed E-state index contributed by atoms with van der Waals surface area (Å²) in [6.45, 7) is 4.54. The first-order valence-corrected chi connectivity index (χ1v) is 5.56. The lowest BCUT2D eigenvalue weighted by molar-refractivity contribution is 0.735. The molecule has 1 nitrogen and oxygen atoms in total. The Morgan fingerprint density at radius 2 is 2.23 bits per heavy atom. The molecule has 70 valence electrons. The summed E-state index contributed by atoms with van der Waals surface area (Å²) in [6.07, 6.45) is 1.22. The lowest BCUT2D eigenvalue weighted by atomic mass is 9.98. The first-order chi connectivity index (χ1) is 6.24. The van der Waals surface area contributed by atoms with Crippen LogP contribution in [-0.2, 0) is 7.05 Å². The Balaban J connectivity index is 2.56. The molecule has 0 saturated carbocycles. The molecule has 0 aliphatic heterocycles. The zero-order valence-electron chi connectivity index (χ0n) is 8.37. The number of hydrogen-bond acceptors (Lipinski definition) is 1. The van der Waals surface area contributed by atoms with Crippen LogP contribution in [0.5, 0.6) is 0 Å². The molecule has 0 bridgehead atoms. The van der Waals surface area contributed by atoms with E-state index in [1.165, 1.54) is 22.2 Å². The summed E-state index contributed by atoms with van der Waals surface area (Å²) < 4.78 is 3.69. The normalized spacial score (nSPS) is 13.8. The zero-order chi connectivity index (χ0) is 9.42. The van der Waals surface area contributed by atoms with Crippen LogP contribution < -0.4 is 0 Å². The van der Waals surface area contributed by atoms with Crippen LogP contribution in [0.2, 0.25) is 0 Å². The molecule has 0 aliphatic rings. The Morgan fingerprint density at radius 3 is 2.85 bits per heavy atom. The minimum Gasteiger partial charge on any atom is -0.299 e. The highest BCUT2D eigenvalue weighted by molar-refractivity contribution is 7.16. The van der Waals surface area contributed by atoms with E-state index in [1.54, 1.807) is 0 Å². The Morgan fingerprint density at radius 1 is 1.46 bits per heavy atom. The van der Waals surface area contributed by atoms with Gasteiger partial charge in [0.05, 0.1) is 10.2 Å². The summed E-state index contributed by atoms with van der Waals surface area (Å²) in [6, 6.07) is 6.62. The third-order valence-electron chi connectivity index (χ3n) is 2.72. The van der Waals surface area contributed by atoms with Gasteiger partial charge in [-0.3, -0.25) is 3.96 Å². The maximum absolute atomic E-state index is 2.30. The Bertz CT molecular complexity index is 411. The van der Waals surface area contributed by atoms with Gasteiger partial charge in [0.25, 0.3) is 0 Å². The van der Waals surface area contributed by atoms with Gasteiger partial charge in [-0.25, -0.2) is 0 Å². The van der Waals surface area contributed by atoms with Crippen LogP contribution in [0, 0.1) is 0 Å². The van der Waals surface area contributed by atoms with Crippen LogP contribution in [0.3, 0.4) is 0 Å². The van der Waals surface area contributed by atoms with Gasteiger partial charge in [0.1, 0.15) is 0 Å². The molecule has 0 saturated heterocycles. The number of para-hydroxylation sites is 1. The van der Waals surface area contributed by atoms with E-state index in [2.05, 4.69) is 43.1 Å². The number of aryl methyl sites for hydroxylation is 1. The van der Waals surface area contributed by atoms with E-state index in [0.717, 1.165) is 0 Å². The van der Waals surface area contributed by atoms with Crippen LogP contribution in [0.4, 0.5) is 0 Å². The number of rotatable bonds is 2. The SMILES string of the molecule is CCC(C)c1cccc2sn(C)c12. The first-order valence-electron chi connectivity index (χ1n) is 4.78. The van der Waals surface area contributed by atoms with Gasteiger partial charge in [-0.2, -0.15) is 0 Å². The topological polar surface area (TPSA) is 4.93 Å². The van der Waals surface area contributed by atoms with Crippen molar-refractivity contribution in [2.24, 2.45) is 7.05 Å². The lowest BCUT2D eigenvalue weighted by Crippen LogP contribution is -2.01. The van der Waals surface area contributed by atoms with E-state index in [0.29, 0.717) is 5.92 Å². The highest BCUT2D eigenvalue weighted by Gasteiger charge is 2.12. The third-order valence-corrected chi connectivity index (χ3v) is 3.71. The fourth-order valence-electron chi connectivity index (χ4n) is 1.72. The molecule has 2 heteroatoms. The number of fused-ring (bicyclic) bond motifs is 1. The van der Waals surface area contributed by atoms with Crippen LogP contribution >= 0.6 is 11.5 Å². The zero-order valence-corrected chi connectivity index (χ0v) is 9.19. The molecule has 13 heavy (non-hydrogen) atoms. The molecule has 1 atom stereocenters. The average molecular weight is 193 g/mol. The maximum atomic E-state index is 2.30. The summed E-state index contributed by atoms with van der Waals surface area (Å²) in [5, 5.41) is 0. The van der Waals surface area contributed by atoms with E-state index < -0.39 is 0 Å². The number of hydrogen-bond donors (Lipinski definition) is 0. The predicted molar refractivity (Wildman–Crippen MR) is 59.5 cm³/mol. The predicted octanol–water partition coefficient (Wildman–Crippen LogP) is 3.75. The fourth-order valence-corrected chi connectivity index (χ4v) is 2.66. The number of nitrogens with zero attached hydrogens (tertiary/aromatic N) is 1. The second kappa shape index (κ2) is 3.18. The second-order valence-corrected chi connectivity index (χ2v) is 4.76. The van der Waals surface area contributed by atoms with Gasteiger partial charge >= 0.3 is 0 Å². The lowest BCUT2D eigenvalue weighted by Gasteiger charge is -2.17. The standard InChI is InChI=1S/C11H15NS/c1-4-8(2)9-6-5-7-10-11(9)12(3)13-10/h5-8H,4H2,1-3H3. The van der Waals surface area contributed by atoms with Crippen molar-refractivity contribution in [2.75, 3.05) is 0 Å². The van der Waals surface area contributed by atoms with Crippen molar-refractivity contribution in [1.82, 2.24) is 3.96 Å². The molecule has 0 aliphatic carbocycles.